The number of imidazole rings is 1. The molecule has 0 fully saturated rings. The van der Waals surface area contributed by atoms with Gasteiger partial charge in [-0.15, -0.1) is 11.6 Å². The maximum absolute atomic E-state index is 5.95. The summed E-state index contributed by atoms with van der Waals surface area (Å²) in [5.74, 6) is 2.50. The van der Waals surface area contributed by atoms with Crippen LogP contribution in [0.1, 0.15) is 39.9 Å². The van der Waals surface area contributed by atoms with Crippen LogP contribution < -0.4 is 4.74 Å². The first-order chi connectivity index (χ1) is 9.96. The molecule has 0 amide bonds. The largest absolute Gasteiger partial charge is 0.491 e. The lowest BCUT2D eigenvalue weighted by Crippen LogP contribution is -2.17. The fourth-order valence-corrected chi connectivity index (χ4v) is 2.59. The Labute approximate surface area is 132 Å². The molecule has 0 bridgehead atoms. The number of alkyl halides is 1. The maximum atomic E-state index is 5.95. The Bertz CT molecular complexity index is 599. The summed E-state index contributed by atoms with van der Waals surface area (Å²) in [5, 5.41) is 0. The van der Waals surface area contributed by atoms with Crippen molar-refractivity contribution in [1.82, 2.24) is 9.55 Å². The molecular formula is C17H25ClN2O. The van der Waals surface area contributed by atoms with Gasteiger partial charge in [-0.25, -0.2) is 4.98 Å². The summed E-state index contributed by atoms with van der Waals surface area (Å²) in [6.45, 7) is 10.5. The number of hydrogen-bond donors (Lipinski definition) is 0. The molecule has 0 aliphatic rings. The van der Waals surface area contributed by atoms with Gasteiger partial charge in [-0.1, -0.05) is 33.8 Å². The van der Waals surface area contributed by atoms with Gasteiger partial charge in [0.2, 0.25) is 0 Å². The van der Waals surface area contributed by atoms with Crippen LogP contribution in [0.25, 0.3) is 11.0 Å². The Morgan fingerprint density at radius 3 is 2.67 bits per heavy atom. The molecule has 0 spiro atoms. The van der Waals surface area contributed by atoms with Crippen LogP contribution in [-0.2, 0) is 13.0 Å². The average molecular weight is 309 g/mol. The summed E-state index contributed by atoms with van der Waals surface area (Å²) in [6, 6.07) is 6.15. The van der Waals surface area contributed by atoms with Crippen molar-refractivity contribution >= 4 is 22.6 Å². The smallest absolute Gasteiger partial charge is 0.147 e. The van der Waals surface area contributed by atoms with Crippen molar-refractivity contribution in [3.05, 3.63) is 24.0 Å². The summed E-state index contributed by atoms with van der Waals surface area (Å²) in [5.41, 5.74) is 2.28. The van der Waals surface area contributed by atoms with Gasteiger partial charge in [-0.2, -0.15) is 0 Å². The van der Waals surface area contributed by atoms with E-state index in [2.05, 4.69) is 38.3 Å². The summed E-state index contributed by atoms with van der Waals surface area (Å²) in [4.78, 5) is 4.79. The second-order valence-corrected chi connectivity index (χ2v) is 6.96. The number of hydrogen-bond acceptors (Lipinski definition) is 2. The highest BCUT2D eigenvalue weighted by Gasteiger charge is 2.19. The first kappa shape index (κ1) is 16.2. The molecule has 1 aromatic heterocycles. The molecule has 3 nitrogen and oxygen atoms in total. The highest BCUT2D eigenvalue weighted by atomic mass is 35.5. The zero-order valence-corrected chi connectivity index (χ0v) is 14.2. The average Bonchev–Trinajstić information content (AvgIpc) is 2.74. The van der Waals surface area contributed by atoms with Crippen LogP contribution >= 0.6 is 11.6 Å². The Balaban J connectivity index is 2.51. The third-order valence-corrected chi connectivity index (χ3v) is 3.42. The topological polar surface area (TPSA) is 27.1 Å². The van der Waals surface area contributed by atoms with Gasteiger partial charge in [0, 0.05) is 18.8 Å². The summed E-state index contributed by atoms with van der Waals surface area (Å²) in [7, 11) is 0. The maximum Gasteiger partial charge on any atom is 0.147 e. The van der Waals surface area contributed by atoms with E-state index in [-0.39, 0.29) is 5.41 Å². The molecule has 0 N–H and O–H groups in total. The van der Waals surface area contributed by atoms with Gasteiger partial charge in [-0.05, 0) is 24.0 Å². The third kappa shape index (κ3) is 3.91. The number of para-hydroxylation sites is 1. The van der Waals surface area contributed by atoms with Crippen molar-refractivity contribution in [2.45, 2.75) is 47.1 Å². The monoisotopic (exact) mass is 308 g/mol. The lowest BCUT2D eigenvalue weighted by Gasteiger charge is -2.21. The lowest BCUT2D eigenvalue weighted by atomic mass is 9.96. The van der Waals surface area contributed by atoms with E-state index in [9.17, 15) is 0 Å². The second kappa shape index (κ2) is 6.69. The number of aryl methyl sites for hydroxylation is 1. The van der Waals surface area contributed by atoms with Crippen molar-refractivity contribution in [2.24, 2.45) is 5.41 Å². The summed E-state index contributed by atoms with van der Waals surface area (Å²) >= 11 is 5.95. The second-order valence-electron chi connectivity index (χ2n) is 6.59. The van der Waals surface area contributed by atoms with Crippen LogP contribution in [0.2, 0.25) is 0 Å². The third-order valence-electron chi connectivity index (χ3n) is 3.23. The van der Waals surface area contributed by atoms with Crippen LogP contribution in [0.5, 0.6) is 5.75 Å². The standard InChI is InChI=1S/C17H25ClN2O/c1-5-11-21-14-8-6-7-13-16(14)19-15(9-10-18)20(13)12-17(2,3)4/h6-8H,5,9-12H2,1-4H3. The van der Waals surface area contributed by atoms with Crippen molar-refractivity contribution in [1.29, 1.82) is 0 Å². The number of halogens is 1. The molecule has 1 aromatic carbocycles. The van der Waals surface area contributed by atoms with Crippen LogP contribution in [0.4, 0.5) is 0 Å². The number of fused-ring (bicyclic) bond motifs is 1. The number of aromatic nitrogens is 2. The molecule has 0 radical (unpaired) electrons. The molecule has 0 aliphatic heterocycles. The minimum absolute atomic E-state index is 0.189. The molecule has 0 saturated carbocycles. The molecule has 4 heteroatoms. The Morgan fingerprint density at radius 2 is 2.05 bits per heavy atom. The lowest BCUT2D eigenvalue weighted by molar-refractivity contribution is 0.320. The number of benzene rings is 1. The molecule has 0 saturated heterocycles. The predicted octanol–water partition coefficient (Wildman–Crippen LogP) is 4.65. The highest BCUT2D eigenvalue weighted by molar-refractivity contribution is 6.17. The van der Waals surface area contributed by atoms with Gasteiger partial charge in [0.05, 0.1) is 12.1 Å². The zero-order chi connectivity index (χ0) is 15.5. The van der Waals surface area contributed by atoms with Crippen LogP contribution in [0.15, 0.2) is 18.2 Å². The normalized spacial score (nSPS) is 12.0. The Hall–Kier alpha value is -1.22. The van der Waals surface area contributed by atoms with Crippen molar-refractivity contribution in [3.8, 4) is 5.75 Å². The molecule has 0 aliphatic carbocycles. The molecule has 21 heavy (non-hydrogen) atoms. The van der Waals surface area contributed by atoms with Gasteiger partial charge >= 0.3 is 0 Å². The Kier molecular flexibility index (Phi) is 5.15. The SMILES string of the molecule is CCCOc1cccc2c1nc(CCCl)n2CC(C)(C)C. The minimum atomic E-state index is 0.189. The van der Waals surface area contributed by atoms with E-state index in [1.165, 1.54) is 0 Å². The van der Waals surface area contributed by atoms with E-state index in [0.29, 0.717) is 5.88 Å². The van der Waals surface area contributed by atoms with Gasteiger partial charge in [0.25, 0.3) is 0 Å². The van der Waals surface area contributed by atoms with Gasteiger partial charge in [0.1, 0.15) is 17.1 Å². The number of rotatable bonds is 6. The molecule has 1 heterocycles. The predicted molar refractivity (Wildman–Crippen MR) is 89.4 cm³/mol. The van der Waals surface area contributed by atoms with E-state index in [0.717, 1.165) is 48.6 Å². The fraction of sp³-hybridized carbons (Fsp3) is 0.588. The molecule has 0 atom stereocenters. The summed E-state index contributed by atoms with van der Waals surface area (Å²) < 4.78 is 8.12. The van der Waals surface area contributed by atoms with Gasteiger partial charge < -0.3 is 9.30 Å². The first-order valence-corrected chi connectivity index (χ1v) is 8.16. The van der Waals surface area contributed by atoms with E-state index >= 15 is 0 Å². The van der Waals surface area contributed by atoms with Crippen molar-refractivity contribution in [2.75, 3.05) is 12.5 Å². The molecule has 116 valence electrons. The molecule has 2 rings (SSSR count). The van der Waals surface area contributed by atoms with E-state index in [1.807, 2.05) is 12.1 Å². The van der Waals surface area contributed by atoms with E-state index in [1.54, 1.807) is 0 Å². The van der Waals surface area contributed by atoms with E-state index < -0.39 is 0 Å². The Morgan fingerprint density at radius 1 is 1.29 bits per heavy atom. The van der Waals surface area contributed by atoms with Gasteiger partial charge in [-0.3, -0.25) is 0 Å². The van der Waals surface area contributed by atoms with E-state index in [4.69, 9.17) is 21.3 Å². The van der Waals surface area contributed by atoms with Crippen molar-refractivity contribution < 1.29 is 4.74 Å². The summed E-state index contributed by atoms with van der Waals surface area (Å²) in [6.07, 6.45) is 1.77. The minimum Gasteiger partial charge on any atom is -0.491 e. The van der Waals surface area contributed by atoms with Crippen molar-refractivity contribution in [3.63, 3.8) is 0 Å². The van der Waals surface area contributed by atoms with Crippen LogP contribution in [-0.4, -0.2) is 22.0 Å². The molecular weight excluding hydrogens is 284 g/mol. The fourth-order valence-electron chi connectivity index (χ4n) is 2.42. The number of ether oxygens (including phenoxy) is 1. The molecule has 2 aromatic rings. The quantitative estimate of drug-likeness (QED) is 0.726. The number of nitrogens with zero attached hydrogens (tertiary/aromatic N) is 2. The van der Waals surface area contributed by atoms with Crippen LogP contribution in [0.3, 0.4) is 0 Å². The van der Waals surface area contributed by atoms with Crippen LogP contribution in [0, 0.1) is 5.41 Å². The zero-order valence-electron chi connectivity index (χ0n) is 13.4. The first-order valence-electron chi connectivity index (χ1n) is 7.63. The molecule has 0 unspecified atom stereocenters. The van der Waals surface area contributed by atoms with Gasteiger partial charge in [0.15, 0.2) is 0 Å². The highest BCUT2D eigenvalue weighted by Crippen LogP contribution is 2.29.